The van der Waals surface area contributed by atoms with Gasteiger partial charge in [0.05, 0.1) is 0 Å². The Morgan fingerprint density at radius 2 is 2.04 bits per heavy atom. The standard InChI is InChI=1S/C21H31FIO2S/c1-19-7-6-17-15(16(19)4-5-18(19)24)3-2-14-12-20(8-9-21(14,17)22)13-25-11-10-23-26-20/h14-17H,2-13H2,1H3/q-1/t14-,15+,16+,17?,19+,20?,21-/m1/s1. The molecule has 0 aromatic carbocycles. The van der Waals surface area contributed by atoms with E-state index in [1.807, 2.05) is 0 Å². The molecule has 5 aliphatic rings. The van der Waals surface area contributed by atoms with Gasteiger partial charge >= 0.3 is 170 Å². The van der Waals surface area contributed by atoms with Gasteiger partial charge in [-0.15, -0.1) is 0 Å². The molecule has 2 unspecified atom stereocenters. The van der Waals surface area contributed by atoms with E-state index in [2.05, 4.69) is 15.9 Å². The van der Waals surface area contributed by atoms with Crippen molar-refractivity contribution in [3.8, 4) is 0 Å². The number of carbonyl (C=O) groups is 1. The second kappa shape index (κ2) is 6.58. The van der Waals surface area contributed by atoms with Crippen LogP contribution in [-0.2, 0) is 9.53 Å². The van der Waals surface area contributed by atoms with Gasteiger partial charge in [-0.25, -0.2) is 0 Å². The first-order valence-corrected chi connectivity index (χ1v) is 15.4. The summed E-state index contributed by atoms with van der Waals surface area (Å²) in [5, 5.41) is 0. The average molecular weight is 493 g/mol. The molecule has 5 heteroatoms. The topological polar surface area (TPSA) is 26.3 Å². The van der Waals surface area contributed by atoms with Crippen LogP contribution >= 0.6 is 8.93 Å². The molecular weight excluding hydrogens is 462 g/mol. The molecule has 0 aromatic rings. The second-order valence-corrected chi connectivity index (χ2v) is 15.3. The van der Waals surface area contributed by atoms with Gasteiger partial charge in [0, 0.05) is 0 Å². The van der Waals surface area contributed by atoms with Crippen LogP contribution in [0.2, 0.25) is 0 Å². The summed E-state index contributed by atoms with van der Waals surface area (Å²) in [6.07, 6.45) is 8.64. The predicted octanol–water partition coefficient (Wildman–Crippen LogP) is 1.81. The summed E-state index contributed by atoms with van der Waals surface area (Å²) >= 11 is 0.166. The van der Waals surface area contributed by atoms with Gasteiger partial charge in [-0.1, -0.05) is 0 Å². The van der Waals surface area contributed by atoms with Crippen LogP contribution in [0, 0.1) is 29.1 Å². The number of hydrogen-bond donors (Lipinski definition) is 0. The summed E-state index contributed by atoms with van der Waals surface area (Å²) in [6.45, 7) is 3.97. The summed E-state index contributed by atoms with van der Waals surface area (Å²) in [6, 6.07) is 0. The molecule has 7 atom stereocenters. The number of hydrogen-bond acceptors (Lipinski definition) is 3. The van der Waals surface area contributed by atoms with Crippen LogP contribution in [0.3, 0.4) is 0 Å². The number of alkyl halides is 2. The zero-order valence-corrected chi connectivity index (χ0v) is 18.7. The molecule has 1 heterocycles. The number of Topliss-reactive ketones (excluding diaryl/α,β-unsaturated/α-hetero) is 1. The SMILES string of the molecule is C[C@]12CCC3[C@@H](CC[C@@H]4CC5(CC[C@]34F)COCC[I-]S5)[C@@H]1CCC2=O. The summed E-state index contributed by atoms with van der Waals surface area (Å²) in [7, 11) is 2.18. The Labute approximate surface area is 169 Å². The molecule has 0 N–H and O–H groups in total. The fraction of sp³-hybridized carbons (Fsp3) is 0.952. The molecule has 1 saturated heterocycles. The third-order valence-corrected chi connectivity index (χ3v) is 15.3. The molecule has 4 aliphatic carbocycles. The van der Waals surface area contributed by atoms with Crippen molar-refractivity contribution in [3.05, 3.63) is 0 Å². The van der Waals surface area contributed by atoms with E-state index in [0.717, 1.165) is 71.0 Å². The average Bonchev–Trinajstić information content (AvgIpc) is 2.80. The Kier molecular flexibility index (Phi) is 4.72. The fourth-order valence-corrected chi connectivity index (χ4v) is 13.4. The monoisotopic (exact) mass is 493 g/mol. The van der Waals surface area contributed by atoms with E-state index in [9.17, 15) is 4.79 Å². The first-order chi connectivity index (χ1) is 12.5. The van der Waals surface area contributed by atoms with E-state index in [0.29, 0.717) is 17.6 Å². The van der Waals surface area contributed by atoms with Crippen LogP contribution in [0.25, 0.3) is 0 Å². The van der Waals surface area contributed by atoms with Gasteiger partial charge in [-0.2, -0.15) is 0 Å². The number of halogens is 2. The molecule has 0 bridgehead atoms. The normalized spacial score (nSPS) is 54.6. The van der Waals surface area contributed by atoms with Gasteiger partial charge in [0.15, 0.2) is 0 Å². The Morgan fingerprint density at radius 1 is 1.15 bits per heavy atom. The van der Waals surface area contributed by atoms with Gasteiger partial charge in [0.2, 0.25) is 0 Å². The molecule has 4 saturated carbocycles. The Balaban J connectivity index is 1.38. The van der Waals surface area contributed by atoms with Gasteiger partial charge < -0.3 is 0 Å². The van der Waals surface area contributed by atoms with E-state index < -0.39 is 5.67 Å². The van der Waals surface area contributed by atoms with E-state index in [1.54, 1.807) is 0 Å². The first-order valence-electron chi connectivity index (χ1n) is 10.5. The molecule has 26 heavy (non-hydrogen) atoms. The Morgan fingerprint density at radius 3 is 2.92 bits per heavy atom. The molecule has 0 radical (unpaired) electrons. The van der Waals surface area contributed by atoms with Crippen molar-refractivity contribution >= 4 is 14.7 Å². The predicted molar refractivity (Wildman–Crippen MR) is 98.5 cm³/mol. The molecule has 0 amide bonds. The molecule has 0 aromatic heterocycles. The van der Waals surface area contributed by atoms with Gasteiger partial charge in [-0.05, 0) is 0 Å². The first kappa shape index (κ1) is 18.7. The number of carbonyl (C=O) groups excluding carboxylic acids is 1. The third-order valence-electron chi connectivity index (χ3n) is 8.75. The third kappa shape index (κ3) is 2.68. The molecule has 5 fully saturated rings. The number of rotatable bonds is 0. The van der Waals surface area contributed by atoms with E-state index in [1.165, 1.54) is 4.43 Å². The number of ketones is 1. The van der Waals surface area contributed by atoms with Crippen LogP contribution in [0.15, 0.2) is 0 Å². The number of ether oxygens (including phenoxy) is 1. The Hall–Kier alpha value is 0.640. The van der Waals surface area contributed by atoms with E-state index in [4.69, 9.17) is 4.74 Å². The second-order valence-electron chi connectivity index (χ2n) is 9.81. The van der Waals surface area contributed by atoms with Crippen LogP contribution in [0.5, 0.6) is 0 Å². The van der Waals surface area contributed by atoms with Crippen molar-refractivity contribution in [3.63, 3.8) is 0 Å². The van der Waals surface area contributed by atoms with Gasteiger partial charge in [0.1, 0.15) is 0 Å². The van der Waals surface area contributed by atoms with Crippen molar-refractivity contribution in [2.24, 2.45) is 29.1 Å². The van der Waals surface area contributed by atoms with Crippen LogP contribution in [0.1, 0.15) is 64.7 Å². The fourth-order valence-electron chi connectivity index (χ4n) is 7.35. The van der Waals surface area contributed by atoms with Crippen molar-refractivity contribution in [1.29, 1.82) is 0 Å². The van der Waals surface area contributed by atoms with Crippen LogP contribution in [-0.4, -0.2) is 33.8 Å². The summed E-state index contributed by atoms with van der Waals surface area (Å²) in [5.74, 6) is 1.83. The molecule has 2 nitrogen and oxygen atoms in total. The van der Waals surface area contributed by atoms with Crippen LogP contribution < -0.4 is 19.8 Å². The summed E-state index contributed by atoms with van der Waals surface area (Å²) in [5.41, 5.74) is -1.10. The van der Waals surface area contributed by atoms with Gasteiger partial charge in [0.25, 0.3) is 0 Å². The number of fused-ring (bicyclic) bond motifs is 5. The molecular formula is C21H31FIO2S-. The zero-order chi connectivity index (χ0) is 18.0. The Bertz CT molecular complexity index is 593. The van der Waals surface area contributed by atoms with Crippen molar-refractivity contribution in [2.75, 3.05) is 17.6 Å². The van der Waals surface area contributed by atoms with Crippen molar-refractivity contribution in [2.45, 2.75) is 75.1 Å². The minimum absolute atomic E-state index is 0.129. The van der Waals surface area contributed by atoms with Crippen molar-refractivity contribution < 1.29 is 33.7 Å². The molecule has 1 aliphatic heterocycles. The van der Waals surface area contributed by atoms with Gasteiger partial charge in [-0.3, -0.25) is 0 Å². The minimum atomic E-state index is -0.966. The quantitative estimate of drug-likeness (QED) is 0.381. The molecule has 5 rings (SSSR count). The summed E-state index contributed by atoms with van der Waals surface area (Å²) in [4.78, 5) is 12.5. The van der Waals surface area contributed by atoms with Crippen molar-refractivity contribution in [1.82, 2.24) is 0 Å². The maximum atomic E-state index is 16.5. The van der Waals surface area contributed by atoms with E-state index in [-0.39, 0.29) is 41.8 Å². The molecule has 148 valence electrons. The molecule has 1 spiro atoms. The maximum absolute atomic E-state index is 16.5. The van der Waals surface area contributed by atoms with Crippen LogP contribution in [0.4, 0.5) is 4.39 Å². The van der Waals surface area contributed by atoms with E-state index >= 15 is 4.39 Å². The summed E-state index contributed by atoms with van der Waals surface area (Å²) < 4.78 is 24.0. The zero-order valence-electron chi connectivity index (χ0n) is 15.8.